The smallest absolute Gasteiger partial charge is 0.244 e. The number of halogens is 2. The molecule has 5 heteroatoms. The molecule has 1 aromatic rings. The third kappa shape index (κ3) is 1.98. The Bertz CT molecular complexity index is 422. The van der Waals surface area contributed by atoms with E-state index in [0.29, 0.717) is 13.0 Å². The van der Waals surface area contributed by atoms with E-state index in [1.54, 1.807) is 11.9 Å². The van der Waals surface area contributed by atoms with Gasteiger partial charge in [0, 0.05) is 19.7 Å². The minimum atomic E-state index is -0.678. The van der Waals surface area contributed by atoms with Gasteiger partial charge in [-0.25, -0.2) is 8.78 Å². The van der Waals surface area contributed by atoms with E-state index in [1.165, 1.54) is 6.07 Å². The van der Waals surface area contributed by atoms with Crippen molar-refractivity contribution in [2.75, 3.05) is 18.9 Å². The third-order valence-corrected chi connectivity index (χ3v) is 2.69. The number of likely N-dealkylation sites (N-methyl/N-ethyl adjacent to an activating group) is 1. The number of carbonyl (C=O) groups excluding carboxylic acids is 1. The second-order valence-corrected chi connectivity index (χ2v) is 3.87. The number of benzene rings is 1. The fraction of sp³-hybridized carbons (Fsp3) is 0.364. The van der Waals surface area contributed by atoms with Crippen molar-refractivity contribution in [2.45, 2.75) is 12.5 Å². The summed E-state index contributed by atoms with van der Waals surface area (Å²) in [5.41, 5.74) is 0.162. The van der Waals surface area contributed by atoms with Gasteiger partial charge in [0.05, 0.1) is 5.69 Å². The number of amides is 1. The van der Waals surface area contributed by atoms with Crippen LogP contribution in [0.3, 0.4) is 0 Å². The molecule has 0 saturated carbocycles. The molecule has 3 nitrogen and oxygen atoms in total. The predicted molar refractivity (Wildman–Crippen MR) is 56.0 cm³/mol. The van der Waals surface area contributed by atoms with Crippen molar-refractivity contribution in [3.05, 3.63) is 29.8 Å². The molecule has 0 aromatic heterocycles. The van der Waals surface area contributed by atoms with Crippen molar-refractivity contribution in [2.24, 2.45) is 0 Å². The summed E-state index contributed by atoms with van der Waals surface area (Å²) < 4.78 is 26.0. The van der Waals surface area contributed by atoms with Gasteiger partial charge in [-0.3, -0.25) is 4.79 Å². The van der Waals surface area contributed by atoms with E-state index in [2.05, 4.69) is 5.32 Å². The molecule has 1 aliphatic rings. The molecule has 1 aromatic carbocycles. The van der Waals surface area contributed by atoms with Gasteiger partial charge < -0.3 is 10.2 Å². The van der Waals surface area contributed by atoms with Crippen LogP contribution in [0.1, 0.15) is 6.42 Å². The summed E-state index contributed by atoms with van der Waals surface area (Å²) in [4.78, 5) is 13.1. The lowest BCUT2D eigenvalue weighted by Crippen LogP contribution is -2.31. The molecule has 1 saturated heterocycles. The quantitative estimate of drug-likeness (QED) is 0.830. The number of carbonyl (C=O) groups is 1. The standard InChI is InChI=1S/C11H12F2N2O/c1-15-5-4-10(11(15)16)14-9-3-2-7(12)6-8(9)13/h2-3,6,10,14H,4-5H2,1H3. The first kappa shape index (κ1) is 10.9. The Morgan fingerprint density at radius 3 is 2.75 bits per heavy atom. The van der Waals surface area contributed by atoms with Gasteiger partial charge in [-0.15, -0.1) is 0 Å². The highest BCUT2D eigenvalue weighted by Crippen LogP contribution is 2.19. The maximum atomic E-state index is 13.3. The van der Waals surface area contributed by atoms with Crippen LogP contribution in [0, 0.1) is 11.6 Å². The van der Waals surface area contributed by atoms with Gasteiger partial charge in [-0.1, -0.05) is 0 Å². The molecular formula is C11H12F2N2O. The monoisotopic (exact) mass is 226 g/mol. The molecule has 0 radical (unpaired) electrons. The summed E-state index contributed by atoms with van der Waals surface area (Å²) >= 11 is 0. The number of anilines is 1. The van der Waals surface area contributed by atoms with Crippen LogP contribution in [0.25, 0.3) is 0 Å². The number of nitrogens with one attached hydrogen (secondary N) is 1. The zero-order valence-electron chi connectivity index (χ0n) is 8.84. The van der Waals surface area contributed by atoms with Crippen molar-refractivity contribution < 1.29 is 13.6 Å². The van der Waals surface area contributed by atoms with Crippen molar-refractivity contribution >= 4 is 11.6 Å². The van der Waals surface area contributed by atoms with E-state index in [0.717, 1.165) is 12.1 Å². The van der Waals surface area contributed by atoms with E-state index in [-0.39, 0.29) is 11.6 Å². The first-order chi connectivity index (χ1) is 7.58. The molecule has 16 heavy (non-hydrogen) atoms. The molecule has 86 valence electrons. The molecule has 1 atom stereocenters. The van der Waals surface area contributed by atoms with E-state index in [9.17, 15) is 13.6 Å². The van der Waals surface area contributed by atoms with Crippen LogP contribution in [-0.4, -0.2) is 30.4 Å². The third-order valence-electron chi connectivity index (χ3n) is 2.69. The number of hydrogen-bond donors (Lipinski definition) is 1. The molecule has 0 aliphatic carbocycles. The Hall–Kier alpha value is -1.65. The van der Waals surface area contributed by atoms with Crippen molar-refractivity contribution in [3.63, 3.8) is 0 Å². The summed E-state index contributed by atoms with van der Waals surface area (Å²) in [5, 5.41) is 2.78. The minimum Gasteiger partial charge on any atom is -0.371 e. The Morgan fingerprint density at radius 1 is 1.44 bits per heavy atom. The number of likely N-dealkylation sites (tertiary alicyclic amines) is 1. The normalized spacial score (nSPS) is 20.3. The maximum absolute atomic E-state index is 13.3. The van der Waals surface area contributed by atoms with Crippen LogP contribution >= 0.6 is 0 Å². The van der Waals surface area contributed by atoms with Crippen molar-refractivity contribution in [1.29, 1.82) is 0 Å². The van der Waals surface area contributed by atoms with Crippen molar-refractivity contribution in [3.8, 4) is 0 Å². The van der Waals surface area contributed by atoms with Crippen molar-refractivity contribution in [1.82, 2.24) is 4.90 Å². The predicted octanol–water partition coefficient (Wildman–Crippen LogP) is 1.61. The van der Waals surface area contributed by atoms with E-state index < -0.39 is 17.7 Å². The molecule has 1 N–H and O–H groups in total. The Balaban J connectivity index is 2.12. The second kappa shape index (κ2) is 4.08. The van der Waals surface area contributed by atoms with Gasteiger partial charge in [0.1, 0.15) is 17.7 Å². The summed E-state index contributed by atoms with van der Waals surface area (Å²) in [6.45, 7) is 0.652. The van der Waals surface area contributed by atoms with Crippen LogP contribution in [0.4, 0.5) is 14.5 Å². The van der Waals surface area contributed by atoms with Gasteiger partial charge in [-0.2, -0.15) is 0 Å². The topological polar surface area (TPSA) is 32.3 Å². The zero-order valence-corrected chi connectivity index (χ0v) is 8.84. The molecule has 1 amide bonds. The largest absolute Gasteiger partial charge is 0.371 e. The first-order valence-corrected chi connectivity index (χ1v) is 5.04. The SMILES string of the molecule is CN1CCC(Nc2ccc(F)cc2F)C1=O. The van der Waals surface area contributed by atoms with E-state index in [1.807, 2.05) is 0 Å². The van der Waals surface area contributed by atoms with Gasteiger partial charge in [-0.05, 0) is 18.6 Å². The van der Waals surface area contributed by atoms with Gasteiger partial charge in [0.2, 0.25) is 5.91 Å². The van der Waals surface area contributed by atoms with Crippen LogP contribution in [0.15, 0.2) is 18.2 Å². The summed E-state index contributed by atoms with van der Waals surface area (Å²) in [6.07, 6.45) is 0.631. The average molecular weight is 226 g/mol. The second-order valence-electron chi connectivity index (χ2n) is 3.87. The fourth-order valence-electron chi connectivity index (χ4n) is 1.75. The lowest BCUT2D eigenvalue weighted by Gasteiger charge is -2.13. The lowest BCUT2D eigenvalue weighted by molar-refractivity contribution is -0.127. The first-order valence-electron chi connectivity index (χ1n) is 5.04. The van der Waals surface area contributed by atoms with Gasteiger partial charge in [0.25, 0.3) is 0 Å². The van der Waals surface area contributed by atoms with Crippen LogP contribution < -0.4 is 5.32 Å². The van der Waals surface area contributed by atoms with Crippen LogP contribution in [-0.2, 0) is 4.79 Å². The molecule has 1 fully saturated rings. The van der Waals surface area contributed by atoms with Crippen LogP contribution in [0.5, 0.6) is 0 Å². The molecular weight excluding hydrogens is 214 g/mol. The molecule has 0 spiro atoms. The highest BCUT2D eigenvalue weighted by atomic mass is 19.1. The molecule has 1 unspecified atom stereocenters. The maximum Gasteiger partial charge on any atom is 0.244 e. The highest BCUT2D eigenvalue weighted by Gasteiger charge is 2.29. The summed E-state index contributed by atoms with van der Waals surface area (Å²) in [5.74, 6) is -1.37. The van der Waals surface area contributed by atoms with Gasteiger partial charge >= 0.3 is 0 Å². The number of rotatable bonds is 2. The minimum absolute atomic E-state index is 0.0660. The Labute approximate surface area is 92.1 Å². The molecule has 1 aliphatic heterocycles. The lowest BCUT2D eigenvalue weighted by atomic mass is 10.2. The fourth-order valence-corrected chi connectivity index (χ4v) is 1.75. The van der Waals surface area contributed by atoms with Gasteiger partial charge in [0.15, 0.2) is 0 Å². The molecule has 1 heterocycles. The number of hydrogen-bond acceptors (Lipinski definition) is 2. The summed E-state index contributed by atoms with van der Waals surface area (Å²) in [6, 6.07) is 2.85. The molecule has 2 rings (SSSR count). The average Bonchev–Trinajstić information content (AvgIpc) is 2.54. The highest BCUT2D eigenvalue weighted by molar-refractivity contribution is 5.86. The Morgan fingerprint density at radius 2 is 2.19 bits per heavy atom. The van der Waals surface area contributed by atoms with E-state index >= 15 is 0 Å². The van der Waals surface area contributed by atoms with E-state index in [4.69, 9.17) is 0 Å². The number of nitrogens with zero attached hydrogens (tertiary/aromatic N) is 1. The van der Waals surface area contributed by atoms with Crippen LogP contribution in [0.2, 0.25) is 0 Å². The Kier molecular flexibility index (Phi) is 2.77. The zero-order chi connectivity index (χ0) is 11.7. The molecule has 0 bridgehead atoms. The summed E-state index contributed by atoms with van der Waals surface area (Å²) in [7, 11) is 1.70.